The van der Waals surface area contributed by atoms with Crippen molar-refractivity contribution in [2.75, 3.05) is 10.6 Å². The zero-order chi connectivity index (χ0) is 21.6. The Kier molecular flexibility index (Phi) is 10.8. The molecule has 0 N–H and O–H groups in total. The minimum absolute atomic E-state index is 1.08. The van der Waals surface area contributed by atoms with Crippen LogP contribution in [0, 0.1) is 0 Å². The highest BCUT2D eigenvalue weighted by atomic mass is 127. The molecular formula is C29H35IP+. The first-order valence-corrected chi connectivity index (χ1v) is 15.1. The smallest absolute Gasteiger partial charge is 0.0864 e. The maximum absolute atomic E-state index is 2.48. The first kappa shape index (κ1) is 24.2. The molecule has 0 aliphatic carbocycles. The molecule has 3 aromatic rings. The molecule has 0 bridgehead atoms. The molecule has 0 saturated heterocycles. The van der Waals surface area contributed by atoms with E-state index in [2.05, 4.69) is 126 Å². The lowest BCUT2D eigenvalue weighted by Crippen LogP contribution is -2.32. The fourth-order valence-corrected chi connectivity index (χ4v) is 8.80. The van der Waals surface area contributed by atoms with Crippen LogP contribution in [-0.4, -0.2) is 10.6 Å². The van der Waals surface area contributed by atoms with E-state index in [0.29, 0.717) is 0 Å². The second kappa shape index (κ2) is 13.9. The van der Waals surface area contributed by atoms with Gasteiger partial charge in [0.25, 0.3) is 0 Å². The number of alkyl halides is 1. The number of benzene rings is 3. The van der Waals surface area contributed by atoms with E-state index in [1.165, 1.54) is 65.3 Å². The minimum atomic E-state index is -1.71. The molecule has 162 valence electrons. The molecule has 0 spiro atoms. The van der Waals surface area contributed by atoms with Crippen molar-refractivity contribution in [2.45, 2.75) is 44.9 Å². The van der Waals surface area contributed by atoms with E-state index in [9.17, 15) is 0 Å². The van der Waals surface area contributed by atoms with Gasteiger partial charge < -0.3 is 0 Å². The molecular weight excluding hydrogens is 506 g/mol. The third kappa shape index (κ3) is 7.02. The van der Waals surface area contributed by atoms with Gasteiger partial charge in [-0.15, -0.1) is 0 Å². The van der Waals surface area contributed by atoms with Crippen molar-refractivity contribution in [1.82, 2.24) is 0 Å². The largest absolute Gasteiger partial charge is 0.115 e. The molecule has 0 heterocycles. The SMILES string of the molecule is ICCCCCCCCC=CC[P+](c1ccccc1)(c1ccccc1)c1ccccc1. The minimum Gasteiger partial charge on any atom is -0.0864 e. The maximum atomic E-state index is 2.48. The average Bonchev–Trinajstić information content (AvgIpc) is 2.84. The summed E-state index contributed by atoms with van der Waals surface area (Å²) in [6.07, 6.45) is 15.4. The van der Waals surface area contributed by atoms with Gasteiger partial charge in [-0.1, -0.05) is 115 Å². The van der Waals surface area contributed by atoms with Crippen molar-refractivity contribution < 1.29 is 0 Å². The molecule has 0 radical (unpaired) electrons. The van der Waals surface area contributed by atoms with E-state index in [1.807, 2.05) is 0 Å². The van der Waals surface area contributed by atoms with Gasteiger partial charge in [-0.2, -0.15) is 0 Å². The lowest BCUT2D eigenvalue weighted by Gasteiger charge is -2.26. The summed E-state index contributed by atoms with van der Waals surface area (Å²) in [4.78, 5) is 0. The summed E-state index contributed by atoms with van der Waals surface area (Å²) in [5.74, 6) is 0. The summed E-state index contributed by atoms with van der Waals surface area (Å²) >= 11 is 2.48. The van der Waals surface area contributed by atoms with Crippen LogP contribution in [0.3, 0.4) is 0 Å². The van der Waals surface area contributed by atoms with Crippen LogP contribution in [0.4, 0.5) is 0 Å². The standard InChI is InChI=1S/C29H35IP/c30-25-17-6-4-2-1-3-5-7-18-26-31(27-19-11-8-12-20-27,28-21-13-9-14-22-28)29-23-15-10-16-24-29/h7-16,18-24H,1-6,17,25-26H2/q+1. The summed E-state index contributed by atoms with van der Waals surface area (Å²) < 4.78 is 1.30. The van der Waals surface area contributed by atoms with Gasteiger partial charge in [0.15, 0.2) is 0 Å². The first-order chi connectivity index (χ1) is 15.4. The average molecular weight is 541 g/mol. The summed E-state index contributed by atoms with van der Waals surface area (Å²) in [6, 6.07) is 33.5. The van der Waals surface area contributed by atoms with Crippen LogP contribution in [0.15, 0.2) is 103 Å². The molecule has 3 rings (SSSR count). The van der Waals surface area contributed by atoms with Crippen LogP contribution < -0.4 is 15.9 Å². The van der Waals surface area contributed by atoms with Gasteiger partial charge in [-0.25, -0.2) is 0 Å². The Hall–Kier alpha value is -1.44. The zero-order valence-corrected chi connectivity index (χ0v) is 21.6. The van der Waals surface area contributed by atoms with E-state index in [1.54, 1.807) is 0 Å². The molecule has 0 fully saturated rings. The molecule has 0 nitrogen and oxygen atoms in total. The van der Waals surface area contributed by atoms with E-state index in [-0.39, 0.29) is 0 Å². The Labute approximate surface area is 203 Å². The van der Waals surface area contributed by atoms with Gasteiger partial charge >= 0.3 is 0 Å². The molecule has 2 heteroatoms. The fourth-order valence-electron chi connectivity index (χ4n) is 4.23. The molecule has 0 aliphatic heterocycles. The monoisotopic (exact) mass is 541 g/mol. The van der Waals surface area contributed by atoms with Gasteiger partial charge in [0.1, 0.15) is 23.2 Å². The maximum Gasteiger partial charge on any atom is 0.115 e. The Morgan fingerprint density at radius 2 is 0.935 bits per heavy atom. The molecule has 0 amide bonds. The van der Waals surface area contributed by atoms with Gasteiger partial charge in [-0.3, -0.25) is 0 Å². The Balaban J connectivity index is 1.77. The topological polar surface area (TPSA) is 0 Å². The van der Waals surface area contributed by atoms with Crippen LogP contribution >= 0.6 is 29.9 Å². The predicted octanol–water partition coefficient (Wildman–Crippen LogP) is 7.70. The number of hydrogen-bond donors (Lipinski definition) is 0. The summed E-state index contributed by atoms with van der Waals surface area (Å²) in [5, 5.41) is 4.40. The molecule has 0 saturated carbocycles. The van der Waals surface area contributed by atoms with Gasteiger partial charge in [0.2, 0.25) is 0 Å². The Morgan fingerprint density at radius 3 is 1.39 bits per heavy atom. The van der Waals surface area contributed by atoms with Crippen molar-refractivity contribution in [3.63, 3.8) is 0 Å². The Bertz CT molecular complexity index is 778. The highest BCUT2D eigenvalue weighted by Gasteiger charge is 2.43. The molecule has 0 aromatic heterocycles. The summed E-state index contributed by atoms with van der Waals surface area (Å²) in [5.41, 5.74) is 0. The molecule has 31 heavy (non-hydrogen) atoms. The van der Waals surface area contributed by atoms with Crippen molar-refractivity contribution in [2.24, 2.45) is 0 Å². The third-order valence-corrected chi connectivity index (χ3v) is 11.0. The third-order valence-electron chi connectivity index (χ3n) is 5.89. The summed E-state index contributed by atoms with van der Waals surface area (Å²) in [7, 11) is -1.71. The van der Waals surface area contributed by atoms with Gasteiger partial charge in [0, 0.05) is 0 Å². The fraction of sp³-hybridized carbons (Fsp3) is 0.310. The number of rotatable bonds is 13. The highest BCUT2D eigenvalue weighted by molar-refractivity contribution is 14.1. The van der Waals surface area contributed by atoms with Crippen molar-refractivity contribution in [3.8, 4) is 0 Å². The summed E-state index contributed by atoms with van der Waals surface area (Å²) in [6.45, 7) is 0. The number of unbranched alkanes of at least 4 members (excludes halogenated alkanes) is 6. The van der Waals surface area contributed by atoms with E-state index in [4.69, 9.17) is 0 Å². The Morgan fingerprint density at radius 1 is 0.516 bits per heavy atom. The second-order valence-electron chi connectivity index (χ2n) is 8.07. The van der Waals surface area contributed by atoms with Crippen molar-refractivity contribution in [3.05, 3.63) is 103 Å². The van der Waals surface area contributed by atoms with Crippen LogP contribution in [-0.2, 0) is 0 Å². The quantitative estimate of drug-likeness (QED) is 0.0684. The molecule has 0 atom stereocenters. The van der Waals surface area contributed by atoms with Gasteiger partial charge in [0.05, 0.1) is 6.16 Å². The molecule has 3 aromatic carbocycles. The van der Waals surface area contributed by atoms with Crippen LogP contribution in [0.2, 0.25) is 0 Å². The number of halogens is 1. The highest BCUT2D eigenvalue weighted by Crippen LogP contribution is 2.55. The van der Waals surface area contributed by atoms with Crippen LogP contribution in [0.1, 0.15) is 44.9 Å². The van der Waals surface area contributed by atoms with E-state index < -0.39 is 7.26 Å². The number of allylic oxidation sites excluding steroid dienone is 2. The molecule has 0 unspecified atom stereocenters. The van der Waals surface area contributed by atoms with Crippen LogP contribution in [0.25, 0.3) is 0 Å². The van der Waals surface area contributed by atoms with Crippen LogP contribution in [0.5, 0.6) is 0 Å². The predicted molar refractivity (Wildman–Crippen MR) is 150 cm³/mol. The van der Waals surface area contributed by atoms with Crippen molar-refractivity contribution >= 4 is 45.8 Å². The zero-order valence-electron chi connectivity index (χ0n) is 18.5. The van der Waals surface area contributed by atoms with E-state index >= 15 is 0 Å². The van der Waals surface area contributed by atoms with E-state index in [0.717, 1.165) is 6.16 Å². The van der Waals surface area contributed by atoms with Crippen molar-refractivity contribution in [1.29, 1.82) is 0 Å². The number of hydrogen-bond acceptors (Lipinski definition) is 0. The first-order valence-electron chi connectivity index (χ1n) is 11.6. The second-order valence-corrected chi connectivity index (χ2v) is 12.7. The lowest BCUT2D eigenvalue weighted by atomic mass is 10.1. The molecule has 0 aliphatic rings. The lowest BCUT2D eigenvalue weighted by molar-refractivity contribution is 0.614. The normalized spacial score (nSPS) is 11.8. The van der Waals surface area contributed by atoms with Gasteiger partial charge in [-0.05, 0) is 60.1 Å².